The lowest BCUT2D eigenvalue weighted by Crippen LogP contribution is -2.26. The van der Waals surface area contributed by atoms with Crippen molar-refractivity contribution in [2.24, 2.45) is 0 Å². The molecule has 1 aromatic carbocycles. The molecule has 1 atom stereocenters. The van der Waals surface area contributed by atoms with Crippen LogP contribution in [0.4, 0.5) is 5.69 Å². The average Bonchev–Trinajstić information content (AvgIpc) is 2.20. The number of phenolic OH excluding ortho intramolecular Hbond substituents is 1. The van der Waals surface area contributed by atoms with Crippen molar-refractivity contribution in [1.82, 2.24) is 0 Å². The molecule has 0 fully saturated rings. The van der Waals surface area contributed by atoms with Gasteiger partial charge in [0.1, 0.15) is 11.9 Å². The normalized spacial score (nSPS) is 12.1. The zero-order valence-corrected chi connectivity index (χ0v) is 8.15. The number of aromatic hydroxyl groups is 1. The predicted octanol–water partition coefficient (Wildman–Crippen LogP) is 1.37. The molecular weight excluding hydrogens is 182 g/mol. The van der Waals surface area contributed by atoms with Crippen molar-refractivity contribution in [3.8, 4) is 5.75 Å². The molecular formula is C10H13NO3. The van der Waals surface area contributed by atoms with E-state index in [-0.39, 0.29) is 11.7 Å². The molecule has 1 amide bonds. The number of rotatable bonds is 3. The largest absolute Gasteiger partial charge is 0.506 e. The van der Waals surface area contributed by atoms with Crippen LogP contribution in [-0.4, -0.2) is 24.2 Å². The summed E-state index contributed by atoms with van der Waals surface area (Å²) >= 11 is 0. The third kappa shape index (κ3) is 2.47. The van der Waals surface area contributed by atoms with Crippen molar-refractivity contribution in [1.29, 1.82) is 0 Å². The predicted molar refractivity (Wildman–Crippen MR) is 53.2 cm³/mol. The maximum atomic E-state index is 11.3. The molecule has 14 heavy (non-hydrogen) atoms. The number of carbonyl (C=O) groups is 1. The van der Waals surface area contributed by atoms with E-state index in [4.69, 9.17) is 4.74 Å². The SMILES string of the molecule is COC(C)C(=O)Nc1ccccc1O. The highest BCUT2D eigenvalue weighted by molar-refractivity contribution is 5.95. The van der Waals surface area contributed by atoms with Crippen LogP contribution >= 0.6 is 0 Å². The number of ether oxygens (including phenoxy) is 1. The van der Waals surface area contributed by atoms with E-state index in [0.29, 0.717) is 5.69 Å². The van der Waals surface area contributed by atoms with Gasteiger partial charge in [-0.05, 0) is 19.1 Å². The number of benzene rings is 1. The highest BCUT2D eigenvalue weighted by Gasteiger charge is 2.12. The monoisotopic (exact) mass is 195 g/mol. The minimum atomic E-state index is -0.533. The molecule has 0 aliphatic carbocycles. The fourth-order valence-corrected chi connectivity index (χ4v) is 0.921. The van der Waals surface area contributed by atoms with Crippen LogP contribution in [0.25, 0.3) is 0 Å². The van der Waals surface area contributed by atoms with Crippen LogP contribution in [0.1, 0.15) is 6.92 Å². The number of carbonyl (C=O) groups excluding carboxylic acids is 1. The number of nitrogens with one attached hydrogen (secondary N) is 1. The molecule has 0 heterocycles. The first kappa shape index (κ1) is 10.5. The third-order valence-electron chi connectivity index (χ3n) is 1.88. The lowest BCUT2D eigenvalue weighted by Gasteiger charge is -2.10. The van der Waals surface area contributed by atoms with Crippen LogP contribution < -0.4 is 5.32 Å². The van der Waals surface area contributed by atoms with Crippen molar-refractivity contribution < 1.29 is 14.6 Å². The van der Waals surface area contributed by atoms with E-state index in [2.05, 4.69) is 5.32 Å². The molecule has 76 valence electrons. The number of amides is 1. The van der Waals surface area contributed by atoms with Gasteiger partial charge in [-0.2, -0.15) is 0 Å². The average molecular weight is 195 g/mol. The second-order valence-electron chi connectivity index (χ2n) is 2.88. The zero-order chi connectivity index (χ0) is 10.6. The van der Waals surface area contributed by atoms with Crippen LogP contribution in [0.3, 0.4) is 0 Å². The summed E-state index contributed by atoms with van der Waals surface area (Å²) in [6, 6.07) is 6.54. The third-order valence-corrected chi connectivity index (χ3v) is 1.88. The van der Waals surface area contributed by atoms with Crippen molar-refractivity contribution in [3.05, 3.63) is 24.3 Å². The number of anilines is 1. The van der Waals surface area contributed by atoms with Gasteiger partial charge in [0, 0.05) is 7.11 Å². The van der Waals surface area contributed by atoms with Crippen molar-refractivity contribution >= 4 is 11.6 Å². The molecule has 4 nitrogen and oxygen atoms in total. The van der Waals surface area contributed by atoms with Gasteiger partial charge in [-0.1, -0.05) is 12.1 Å². The number of hydrogen-bond acceptors (Lipinski definition) is 3. The van der Waals surface area contributed by atoms with E-state index in [9.17, 15) is 9.90 Å². The second kappa shape index (κ2) is 4.62. The Morgan fingerprint density at radius 2 is 2.14 bits per heavy atom. The first-order chi connectivity index (χ1) is 6.65. The van der Waals surface area contributed by atoms with E-state index in [1.165, 1.54) is 13.2 Å². The van der Waals surface area contributed by atoms with Gasteiger partial charge in [0.25, 0.3) is 5.91 Å². The maximum Gasteiger partial charge on any atom is 0.253 e. The van der Waals surface area contributed by atoms with Gasteiger partial charge in [-0.3, -0.25) is 4.79 Å². The summed E-state index contributed by atoms with van der Waals surface area (Å²) in [6.45, 7) is 1.63. The number of hydrogen-bond donors (Lipinski definition) is 2. The summed E-state index contributed by atoms with van der Waals surface area (Å²) in [6.07, 6.45) is -0.533. The number of para-hydroxylation sites is 2. The highest BCUT2D eigenvalue weighted by atomic mass is 16.5. The molecule has 2 N–H and O–H groups in total. The summed E-state index contributed by atoms with van der Waals surface area (Å²) in [7, 11) is 1.45. The zero-order valence-electron chi connectivity index (χ0n) is 8.15. The Labute approximate surface area is 82.5 Å². The van der Waals surface area contributed by atoms with Gasteiger partial charge < -0.3 is 15.2 Å². The molecule has 0 aromatic heterocycles. The van der Waals surface area contributed by atoms with Gasteiger partial charge in [0.2, 0.25) is 0 Å². The topological polar surface area (TPSA) is 58.6 Å². The Bertz CT molecular complexity index is 325. The quantitative estimate of drug-likeness (QED) is 0.716. The molecule has 1 aromatic rings. The molecule has 1 rings (SSSR count). The molecule has 0 bridgehead atoms. The number of methoxy groups -OCH3 is 1. The van der Waals surface area contributed by atoms with E-state index >= 15 is 0 Å². The summed E-state index contributed by atoms with van der Waals surface area (Å²) in [5, 5.41) is 11.9. The smallest absolute Gasteiger partial charge is 0.253 e. The van der Waals surface area contributed by atoms with Gasteiger partial charge in [-0.25, -0.2) is 0 Å². The molecule has 0 spiro atoms. The molecule has 0 aliphatic heterocycles. The molecule has 0 aliphatic rings. The lowest BCUT2D eigenvalue weighted by atomic mass is 10.2. The van der Waals surface area contributed by atoms with Crippen LogP contribution in [-0.2, 0) is 9.53 Å². The first-order valence-corrected chi connectivity index (χ1v) is 4.27. The maximum absolute atomic E-state index is 11.3. The van der Waals surface area contributed by atoms with Gasteiger partial charge in [0.15, 0.2) is 0 Å². The van der Waals surface area contributed by atoms with E-state index in [1.54, 1.807) is 25.1 Å². The standard InChI is InChI=1S/C10H13NO3/c1-7(14-2)10(13)11-8-5-3-4-6-9(8)12/h3-7,12H,1-2H3,(H,11,13). The Morgan fingerprint density at radius 3 is 2.71 bits per heavy atom. The Balaban J connectivity index is 2.70. The van der Waals surface area contributed by atoms with Crippen molar-refractivity contribution in [2.45, 2.75) is 13.0 Å². The Kier molecular flexibility index (Phi) is 3.48. The van der Waals surface area contributed by atoms with Gasteiger partial charge in [0.05, 0.1) is 5.69 Å². The van der Waals surface area contributed by atoms with Crippen LogP contribution in [0.5, 0.6) is 5.75 Å². The minimum absolute atomic E-state index is 0.0455. The van der Waals surface area contributed by atoms with Crippen LogP contribution in [0, 0.1) is 0 Å². The van der Waals surface area contributed by atoms with E-state index in [1.807, 2.05) is 0 Å². The fourth-order valence-electron chi connectivity index (χ4n) is 0.921. The van der Waals surface area contributed by atoms with Gasteiger partial charge in [-0.15, -0.1) is 0 Å². The Morgan fingerprint density at radius 1 is 1.50 bits per heavy atom. The fraction of sp³-hybridized carbons (Fsp3) is 0.300. The summed E-state index contributed by atoms with van der Waals surface area (Å²) in [4.78, 5) is 11.3. The lowest BCUT2D eigenvalue weighted by molar-refractivity contribution is -0.124. The van der Waals surface area contributed by atoms with Gasteiger partial charge >= 0.3 is 0 Å². The molecule has 4 heteroatoms. The molecule has 0 saturated heterocycles. The van der Waals surface area contributed by atoms with E-state index < -0.39 is 6.10 Å². The van der Waals surface area contributed by atoms with Crippen molar-refractivity contribution in [3.63, 3.8) is 0 Å². The Hall–Kier alpha value is -1.55. The summed E-state index contributed by atoms with van der Waals surface area (Å²) < 4.78 is 4.83. The minimum Gasteiger partial charge on any atom is -0.506 e. The molecule has 1 unspecified atom stereocenters. The van der Waals surface area contributed by atoms with Crippen LogP contribution in [0.2, 0.25) is 0 Å². The summed E-state index contributed by atoms with van der Waals surface area (Å²) in [5.74, 6) is -0.238. The number of phenols is 1. The van der Waals surface area contributed by atoms with E-state index in [0.717, 1.165) is 0 Å². The van der Waals surface area contributed by atoms with Crippen molar-refractivity contribution in [2.75, 3.05) is 12.4 Å². The second-order valence-corrected chi connectivity index (χ2v) is 2.88. The molecule has 0 radical (unpaired) electrons. The molecule has 0 saturated carbocycles. The van der Waals surface area contributed by atoms with Crippen LogP contribution in [0.15, 0.2) is 24.3 Å². The first-order valence-electron chi connectivity index (χ1n) is 4.27. The highest BCUT2D eigenvalue weighted by Crippen LogP contribution is 2.21. The summed E-state index contributed by atoms with van der Waals surface area (Å²) in [5.41, 5.74) is 0.390.